The summed E-state index contributed by atoms with van der Waals surface area (Å²) in [6.07, 6.45) is 1.77. The summed E-state index contributed by atoms with van der Waals surface area (Å²) in [4.78, 5) is 15.1. The second-order valence-electron chi connectivity index (χ2n) is 4.53. The van der Waals surface area contributed by atoms with Crippen LogP contribution in [0.15, 0.2) is 23.0 Å². The predicted octanol–water partition coefficient (Wildman–Crippen LogP) is 1.74. The topological polar surface area (TPSA) is 44.9 Å². The molecule has 0 amide bonds. The van der Waals surface area contributed by atoms with E-state index in [1.165, 1.54) is 16.5 Å². The number of para-hydroxylation sites is 1. The van der Waals surface area contributed by atoms with Crippen LogP contribution < -0.4 is 10.9 Å². The van der Waals surface area contributed by atoms with Crippen LogP contribution in [0, 0.1) is 0 Å². The van der Waals surface area contributed by atoms with Crippen LogP contribution in [0.2, 0.25) is 0 Å². The minimum absolute atomic E-state index is 0.0925. The first-order valence-corrected chi connectivity index (χ1v) is 6.17. The molecular weight excluding hydrogens is 212 g/mol. The fourth-order valence-corrected chi connectivity index (χ4v) is 2.68. The number of hydrogen-bond acceptors (Lipinski definition) is 2. The molecule has 1 aliphatic heterocycles. The van der Waals surface area contributed by atoms with Gasteiger partial charge in [-0.25, -0.2) is 0 Å². The minimum atomic E-state index is 0.0925. The molecule has 17 heavy (non-hydrogen) atoms. The van der Waals surface area contributed by atoms with Gasteiger partial charge in [0.15, 0.2) is 0 Å². The highest BCUT2D eigenvalue weighted by Crippen LogP contribution is 2.23. The maximum atomic E-state index is 12.1. The monoisotopic (exact) mass is 228 g/mol. The van der Waals surface area contributed by atoms with Crippen molar-refractivity contribution in [2.75, 3.05) is 6.54 Å². The highest BCUT2D eigenvalue weighted by atomic mass is 16.1. The molecule has 0 fully saturated rings. The molecule has 1 aliphatic rings. The van der Waals surface area contributed by atoms with Crippen molar-refractivity contribution >= 4 is 10.9 Å². The molecule has 0 unspecified atom stereocenters. The Hall–Kier alpha value is -1.61. The van der Waals surface area contributed by atoms with Crippen LogP contribution in [0.4, 0.5) is 0 Å². The van der Waals surface area contributed by atoms with Gasteiger partial charge in [-0.1, -0.05) is 25.1 Å². The summed E-state index contributed by atoms with van der Waals surface area (Å²) >= 11 is 0. The second-order valence-corrected chi connectivity index (χ2v) is 4.53. The van der Waals surface area contributed by atoms with Gasteiger partial charge in [0.1, 0.15) is 0 Å². The Balaban J connectivity index is 2.42. The predicted molar refractivity (Wildman–Crippen MR) is 69.4 cm³/mol. The number of nitrogens with one attached hydrogen (secondary N) is 2. The van der Waals surface area contributed by atoms with E-state index in [4.69, 9.17) is 0 Å². The number of rotatable bonds is 1. The molecule has 0 bridgehead atoms. The summed E-state index contributed by atoms with van der Waals surface area (Å²) in [5.74, 6) is 0. The molecule has 2 heterocycles. The van der Waals surface area contributed by atoms with Crippen LogP contribution in [0.25, 0.3) is 10.9 Å². The van der Waals surface area contributed by atoms with Crippen molar-refractivity contribution in [3.05, 3.63) is 45.2 Å². The highest BCUT2D eigenvalue weighted by molar-refractivity contribution is 5.86. The van der Waals surface area contributed by atoms with E-state index < -0.39 is 0 Å². The molecule has 0 saturated carbocycles. The molecule has 3 nitrogen and oxygen atoms in total. The number of hydrogen-bond donors (Lipinski definition) is 2. The molecule has 3 heteroatoms. The molecule has 2 aromatic rings. The summed E-state index contributed by atoms with van der Waals surface area (Å²) in [7, 11) is 0. The summed E-state index contributed by atoms with van der Waals surface area (Å²) in [6.45, 7) is 3.82. The fourth-order valence-electron chi connectivity index (χ4n) is 2.68. The van der Waals surface area contributed by atoms with Gasteiger partial charge < -0.3 is 10.3 Å². The Morgan fingerprint density at radius 1 is 1.29 bits per heavy atom. The zero-order valence-corrected chi connectivity index (χ0v) is 9.97. The van der Waals surface area contributed by atoms with Gasteiger partial charge >= 0.3 is 0 Å². The van der Waals surface area contributed by atoms with E-state index in [9.17, 15) is 4.79 Å². The number of benzene rings is 1. The van der Waals surface area contributed by atoms with Gasteiger partial charge in [0.05, 0.1) is 5.52 Å². The summed E-state index contributed by atoms with van der Waals surface area (Å²) < 4.78 is 0. The molecule has 88 valence electrons. The third-order valence-electron chi connectivity index (χ3n) is 3.59. The quantitative estimate of drug-likeness (QED) is 0.781. The van der Waals surface area contributed by atoms with Crippen molar-refractivity contribution in [3.63, 3.8) is 0 Å². The summed E-state index contributed by atoms with van der Waals surface area (Å²) in [5, 5.41) is 4.55. The van der Waals surface area contributed by atoms with Crippen molar-refractivity contribution in [1.29, 1.82) is 0 Å². The lowest BCUT2D eigenvalue weighted by Gasteiger charge is -2.19. The Labute approximate surface area is 99.9 Å². The van der Waals surface area contributed by atoms with Crippen LogP contribution in [0.1, 0.15) is 23.6 Å². The van der Waals surface area contributed by atoms with Crippen molar-refractivity contribution in [2.45, 2.75) is 26.3 Å². The van der Waals surface area contributed by atoms with Gasteiger partial charge in [-0.2, -0.15) is 0 Å². The number of H-pyrrole nitrogens is 1. The van der Waals surface area contributed by atoms with Crippen molar-refractivity contribution in [3.8, 4) is 0 Å². The van der Waals surface area contributed by atoms with E-state index in [0.29, 0.717) is 0 Å². The van der Waals surface area contributed by atoms with E-state index in [1.54, 1.807) is 0 Å². The van der Waals surface area contributed by atoms with E-state index in [-0.39, 0.29) is 5.56 Å². The van der Waals surface area contributed by atoms with Crippen molar-refractivity contribution in [2.24, 2.45) is 0 Å². The molecule has 0 saturated heterocycles. The highest BCUT2D eigenvalue weighted by Gasteiger charge is 2.16. The standard InChI is InChI=1S/C14H16N2O/c1-2-9-4-3-5-10-12-8-15-7-6-11(12)14(17)16-13(9)10/h3-5,15H,2,6-8H2,1H3,(H,16,17). The van der Waals surface area contributed by atoms with E-state index in [1.807, 2.05) is 0 Å². The maximum Gasteiger partial charge on any atom is 0.252 e. The van der Waals surface area contributed by atoms with Crippen LogP contribution >= 0.6 is 0 Å². The first kappa shape index (κ1) is 10.5. The number of aromatic amines is 1. The Morgan fingerprint density at radius 3 is 3.00 bits per heavy atom. The van der Waals surface area contributed by atoms with E-state index in [2.05, 4.69) is 35.4 Å². The molecule has 2 N–H and O–H groups in total. The third-order valence-corrected chi connectivity index (χ3v) is 3.59. The van der Waals surface area contributed by atoms with E-state index >= 15 is 0 Å². The van der Waals surface area contributed by atoms with Crippen LogP contribution in [-0.4, -0.2) is 11.5 Å². The summed E-state index contributed by atoms with van der Waals surface area (Å²) in [6, 6.07) is 6.27. The second kappa shape index (κ2) is 4.00. The van der Waals surface area contributed by atoms with Crippen LogP contribution in [-0.2, 0) is 19.4 Å². The third kappa shape index (κ3) is 1.58. The molecule has 0 atom stereocenters. The molecule has 0 spiro atoms. The fraction of sp³-hybridized carbons (Fsp3) is 0.357. The Kier molecular flexibility index (Phi) is 2.48. The number of pyridine rings is 1. The lowest BCUT2D eigenvalue weighted by molar-refractivity contribution is 0.642. The Bertz CT molecular complexity index is 628. The zero-order chi connectivity index (χ0) is 11.8. The van der Waals surface area contributed by atoms with Gasteiger partial charge in [-0.05, 0) is 30.5 Å². The molecule has 3 rings (SSSR count). The van der Waals surface area contributed by atoms with Gasteiger partial charge in [0, 0.05) is 17.5 Å². The first-order chi connectivity index (χ1) is 8.31. The molecule has 0 aliphatic carbocycles. The first-order valence-electron chi connectivity index (χ1n) is 6.17. The number of aryl methyl sites for hydroxylation is 1. The van der Waals surface area contributed by atoms with Gasteiger partial charge in [0.2, 0.25) is 0 Å². The lowest BCUT2D eigenvalue weighted by Crippen LogP contribution is -2.30. The molecule has 1 aromatic heterocycles. The smallest absolute Gasteiger partial charge is 0.252 e. The van der Waals surface area contributed by atoms with Gasteiger partial charge in [-0.15, -0.1) is 0 Å². The lowest BCUT2D eigenvalue weighted by atomic mass is 9.96. The van der Waals surface area contributed by atoms with Crippen LogP contribution in [0.3, 0.4) is 0 Å². The summed E-state index contributed by atoms with van der Waals surface area (Å²) in [5.41, 5.74) is 4.47. The SMILES string of the molecule is CCc1cccc2c3c(c(=O)[nH]c12)CCNC3. The molecule has 0 radical (unpaired) electrons. The van der Waals surface area contributed by atoms with Gasteiger partial charge in [0.25, 0.3) is 5.56 Å². The molecular formula is C14H16N2O. The normalized spacial score (nSPS) is 14.9. The van der Waals surface area contributed by atoms with Crippen molar-refractivity contribution in [1.82, 2.24) is 10.3 Å². The number of fused-ring (bicyclic) bond motifs is 3. The average molecular weight is 228 g/mol. The molecule has 1 aromatic carbocycles. The largest absolute Gasteiger partial charge is 0.321 e. The van der Waals surface area contributed by atoms with Crippen molar-refractivity contribution < 1.29 is 0 Å². The average Bonchev–Trinajstić information content (AvgIpc) is 2.39. The van der Waals surface area contributed by atoms with Gasteiger partial charge in [-0.3, -0.25) is 4.79 Å². The van der Waals surface area contributed by atoms with Crippen LogP contribution in [0.5, 0.6) is 0 Å². The zero-order valence-electron chi connectivity index (χ0n) is 9.97. The number of aromatic nitrogens is 1. The van der Waals surface area contributed by atoms with E-state index in [0.717, 1.165) is 37.0 Å². The maximum absolute atomic E-state index is 12.1. The Morgan fingerprint density at radius 2 is 2.18 bits per heavy atom. The minimum Gasteiger partial charge on any atom is -0.321 e.